The first kappa shape index (κ1) is 13.9. The Bertz CT molecular complexity index is 794. The summed E-state index contributed by atoms with van der Waals surface area (Å²) in [6, 6.07) is 9.83. The van der Waals surface area contributed by atoms with Crippen LogP contribution in [-0.4, -0.2) is 38.3 Å². The first-order valence-corrected chi connectivity index (χ1v) is 7.91. The fourth-order valence-corrected chi connectivity index (χ4v) is 3.24. The number of nitrogens with zero attached hydrogens (tertiary/aromatic N) is 4. The number of fused-ring (bicyclic) bond motifs is 1. The summed E-state index contributed by atoms with van der Waals surface area (Å²) < 4.78 is 1.89. The molecule has 3 aromatic heterocycles. The first-order chi connectivity index (χ1) is 11.3. The smallest absolute Gasteiger partial charge is 0.274 e. The third kappa shape index (κ3) is 2.82. The quantitative estimate of drug-likeness (QED) is 0.747. The Balaban J connectivity index is 1.45. The minimum absolute atomic E-state index is 0.0300. The van der Waals surface area contributed by atoms with Gasteiger partial charge in [-0.1, -0.05) is 12.1 Å². The molecule has 5 nitrogen and oxygen atoms in total. The highest BCUT2D eigenvalue weighted by Gasteiger charge is 2.28. The zero-order valence-electron chi connectivity index (χ0n) is 12.8. The maximum atomic E-state index is 12.7. The summed E-state index contributed by atoms with van der Waals surface area (Å²) >= 11 is 0. The van der Waals surface area contributed by atoms with Crippen LogP contribution in [0, 0.1) is 5.92 Å². The van der Waals surface area contributed by atoms with Gasteiger partial charge in [-0.3, -0.25) is 9.78 Å². The maximum Gasteiger partial charge on any atom is 0.274 e. The Morgan fingerprint density at radius 1 is 1.26 bits per heavy atom. The van der Waals surface area contributed by atoms with Gasteiger partial charge in [-0.25, -0.2) is 4.98 Å². The molecule has 4 heterocycles. The molecule has 0 radical (unpaired) electrons. The number of imidazole rings is 1. The van der Waals surface area contributed by atoms with Crippen LogP contribution in [0.5, 0.6) is 0 Å². The summed E-state index contributed by atoms with van der Waals surface area (Å²) in [4.78, 5) is 23.2. The summed E-state index contributed by atoms with van der Waals surface area (Å²) in [7, 11) is 0. The molecule has 1 atom stereocenters. The summed E-state index contributed by atoms with van der Waals surface area (Å²) in [6.45, 7) is 1.60. The zero-order valence-corrected chi connectivity index (χ0v) is 12.8. The Morgan fingerprint density at radius 3 is 3.04 bits per heavy atom. The van der Waals surface area contributed by atoms with E-state index in [1.807, 2.05) is 52.2 Å². The SMILES string of the molecule is O=C(c1cn2ccccc2n1)N1CCC(Cc2cccnc2)C1. The molecule has 1 aliphatic rings. The van der Waals surface area contributed by atoms with Crippen molar-refractivity contribution in [3.05, 3.63) is 66.4 Å². The van der Waals surface area contributed by atoms with Crippen molar-refractivity contribution in [3.8, 4) is 0 Å². The van der Waals surface area contributed by atoms with Crippen LogP contribution in [0.4, 0.5) is 0 Å². The van der Waals surface area contributed by atoms with Gasteiger partial charge in [-0.2, -0.15) is 0 Å². The van der Waals surface area contributed by atoms with Crippen molar-refractivity contribution >= 4 is 11.6 Å². The van der Waals surface area contributed by atoms with Crippen LogP contribution in [0.15, 0.2) is 55.1 Å². The monoisotopic (exact) mass is 306 g/mol. The van der Waals surface area contributed by atoms with E-state index < -0.39 is 0 Å². The number of rotatable bonds is 3. The summed E-state index contributed by atoms with van der Waals surface area (Å²) in [5.41, 5.74) is 2.57. The van der Waals surface area contributed by atoms with Crippen molar-refractivity contribution in [1.29, 1.82) is 0 Å². The van der Waals surface area contributed by atoms with E-state index >= 15 is 0 Å². The van der Waals surface area contributed by atoms with Crippen LogP contribution in [0.2, 0.25) is 0 Å². The zero-order chi connectivity index (χ0) is 15.6. The fraction of sp³-hybridized carbons (Fsp3) is 0.278. The van der Waals surface area contributed by atoms with Crippen molar-refractivity contribution in [1.82, 2.24) is 19.3 Å². The van der Waals surface area contributed by atoms with Gasteiger partial charge < -0.3 is 9.30 Å². The average Bonchev–Trinajstić information content (AvgIpc) is 3.21. The Hall–Kier alpha value is -2.69. The molecule has 1 unspecified atom stereocenters. The van der Waals surface area contributed by atoms with Crippen LogP contribution >= 0.6 is 0 Å². The number of carbonyl (C=O) groups excluding carboxylic acids is 1. The summed E-state index contributed by atoms with van der Waals surface area (Å²) in [6.07, 6.45) is 9.43. The second-order valence-electron chi connectivity index (χ2n) is 6.06. The minimum Gasteiger partial charge on any atom is -0.337 e. The van der Waals surface area contributed by atoms with Crippen molar-refractivity contribution in [2.75, 3.05) is 13.1 Å². The van der Waals surface area contributed by atoms with Crippen molar-refractivity contribution in [3.63, 3.8) is 0 Å². The van der Waals surface area contributed by atoms with Crippen LogP contribution in [0.3, 0.4) is 0 Å². The maximum absolute atomic E-state index is 12.7. The van der Waals surface area contributed by atoms with Gasteiger partial charge in [0.1, 0.15) is 11.3 Å². The van der Waals surface area contributed by atoms with Gasteiger partial charge in [0.25, 0.3) is 5.91 Å². The predicted molar refractivity (Wildman–Crippen MR) is 87.1 cm³/mol. The van der Waals surface area contributed by atoms with Gasteiger partial charge in [0, 0.05) is 37.9 Å². The number of likely N-dealkylation sites (tertiary alicyclic amines) is 1. The number of hydrogen-bond donors (Lipinski definition) is 0. The highest BCUT2D eigenvalue weighted by Crippen LogP contribution is 2.22. The Morgan fingerprint density at radius 2 is 2.22 bits per heavy atom. The molecule has 0 aromatic carbocycles. The number of pyridine rings is 2. The van der Waals surface area contributed by atoms with E-state index in [1.54, 1.807) is 6.20 Å². The van der Waals surface area contributed by atoms with E-state index in [9.17, 15) is 4.79 Å². The lowest BCUT2D eigenvalue weighted by Gasteiger charge is -2.15. The van der Waals surface area contributed by atoms with E-state index in [2.05, 4.69) is 16.0 Å². The van der Waals surface area contributed by atoms with E-state index in [0.717, 1.165) is 31.6 Å². The van der Waals surface area contributed by atoms with Crippen molar-refractivity contribution in [2.45, 2.75) is 12.8 Å². The molecule has 0 saturated carbocycles. The summed E-state index contributed by atoms with van der Waals surface area (Å²) in [5, 5.41) is 0. The second-order valence-corrected chi connectivity index (χ2v) is 6.06. The van der Waals surface area contributed by atoms with Crippen molar-refractivity contribution < 1.29 is 4.79 Å². The van der Waals surface area contributed by atoms with Gasteiger partial charge >= 0.3 is 0 Å². The molecule has 3 aromatic rings. The molecule has 0 aliphatic carbocycles. The normalized spacial score (nSPS) is 17.7. The molecule has 0 spiro atoms. The molecule has 1 amide bonds. The molecule has 0 N–H and O–H groups in total. The van der Waals surface area contributed by atoms with E-state index in [4.69, 9.17) is 0 Å². The van der Waals surface area contributed by atoms with Crippen LogP contribution < -0.4 is 0 Å². The highest BCUT2D eigenvalue weighted by molar-refractivity contribution is 5.93. The molecule has 1 fully saturated rings. The van der Waals surface area contributed by atoms with Crippen LogP contribution in [0.1, 0.15) is 22.5 Å². The molecule has 116 valence electrons. The average molecular weight is 306 g/mol. The number of hydrogen-bond acceptors (Lipinski definition) is 3. The third-order valence-electron chi connectivity index (χ3n) is 4.40. The Labute approximate surface area is 134 Å². The number of carbonyl (C=O) groups is 1. The molecular formula is C18H18N4O. The number of aromatic nitrogens is 3. The lowest BCUT2D eigenvalue weighted by Crippen LogP contribution is -2.29. The highest BCUT2D eigenvalue weighted by atomic mass is 16.2. The molecule has 4 rings (SSSR count). The van der Waals surface area contributed by atoms with Gasteiger partial charge in [0.15, 0.2) is 0 Å². The minimum atomic E-state index is 0.0300. The molecule has 1 aliphatic heterocycles. The molecule has 23 heavy (non-hydrogen) atoms. The second kappa shape index (κ2) is 5.83. The van der Waals surface area contributed by atoms with E-state index in [0.29, 0.717) is 11.6 Å². The topological polar surface area (TPSA) is 50.5 Å². The van der Waals surface area contributed by atoms with E-state index in [1.165, 1.54) is 5.56 Å². The van der Waals surface area contributed by atoms with E-state index in [-0.39, 0.29) is 5.91 Å². The van der Waals surface area contributed by atoms with Crippen molar-refractivity contribution in [2.24, 2.45) is 5.92 Å². The summed E-state index contributed by atoms with van der Waals surface area (Å²) in [5.74, 6) is 0.530. The molecular weight excluding hydrogens is 288 g/mol. The molecule has 0 bridgehead atoms. The fourth-order valence-electron chi connectivity index (χ4n) is 3.24. The Kier molecular flexibility index (Phi) is 3.54. The first-order valence-electron chi connectivity index (χ1n) is 7.91. The molecule has 1 saturated heterocycles. The largest absolute Gasteiger partial charge is 0.337 e. The van der Waals surface area contributed by atoms with Crippen LogP contribution in [0.25, 0.3) is 5.65 Å². The third-order valence-corrected chi connectivity index (χ3v) is 4.40. The molecule has 5 heteroatoms. The lowest BCUT2D eigenvalue weighted by molar-refractivity contribution is 0.0782. The van der Waals surface area contributed by atoms with Gasteiger partial charge in [-0.05, 0) is 42.5 Å². The number of amides is 1. The van der Waals surface area contributed by atoms with Gasteiger partial charge in [0.2, 0.25) is 0 Å². The van der Waals surface area contributed by atoms with Gasteiger partial charge in [0.05, 0.1) is 0 Å². The standard InChI is InChI=1S/C18H18N4O/c23-18(16-13-21-8-2-1-5-17(21)20-16)22-9-6-15(12-22)10-14-4-3-7-19-11-14/h1-5,7-8,11,13,15H,6,9-10,12H2. The predicted octanol–water partition coefficient (Wildman–Crippen LogP) is 2.43. The van der Waals surface area contributed by atoms with Gasteiger partial charge in [-0.15, -0.1) is 0 Å². The lowest BCUT2D eigenvalue weighted by atomic mass is 10.0. The van der Waals surface area contributed by atoms with Crippen LogP contribution in [-0.2, 0) is 6.42 Å².